The average molecular weight is 294 g/mol. The number of carbonyl (C=O) groups excluding carboxylic acids is 1. The number of hydrogen-bond donors (Lipinski definition) is 0. The molecule has 0 spiro atoms. The Hall–Kier alpha value is -0.0500. The Labute approximate surface area is 101 Å². The molecule has 0 aliphatic heterocycles. The van der Waals surface area contributed by atoms with Crippen LogP contribution in [0, 0.1) is 0 Å². The summed E-state index contributed by atoms with van der Waals surface area (Å²) >= 11 is 15.1. The van der Waals surface area contributed by atoms with Crippen LogP contribution in [-0.2, 0) is 4.79 Å². The fraction of sp³-hybridized carbons (Fsp3) is 0.300. The molecule has 1 fully saturated rings. The van der Waals surface area contributed by atoms with Gasteiger partial charge in [0.05, 0.1) is 0 Å². The van der Waals surface area contributed by atoms with Gasteiger partial charge in [-0.15, -0.1) is 0 Å². The van der Waals surface area contributed by atoms with E-state index in [0.29, 0.717) is 6.42 Å². The molecular formula is C10H7BrCl2O. The Kier molecular flexibility index (Phi) is 2.63. The van der Waals surface area contributed by atoms with Gasteiger partial charge >= 0.3 is 0 Å². The Morgan fingerprint density at radius 1 is 1.29 bits per heavy atom. The summed E-state index contributed by atoms with van der Waals surface area (Å²) in [4.78, 5) is 11.1. The van der Waals surface area contributed by atoms with E-state index in [4.69, 9.17) is 23.2 Å². The highest BCUT2D eigenvalue weighted by Crippen LogP contribution is 2.50. The second-order valence-electron chi connectivity index (χ2n) is 3.35. The van der Waals surface area contributed by atoms with Gasteiger partial charge in [0.25, 0.3) is 0 Å². The van der Waals surface area contributed by atoms with Crippen molar-refractivity contribution in [3.8, 4) is 0 Å². The Morgan fingerprint density at radius 2 is 1.86 bits per heavy atom. The van der Waals surface area contributed by atoms with Crippen molar-refractivity contribution in [2.75, 3.05) is 0 Å². The van der Waals surface area contributed by atoms with Crippen LogP contribution in [0.3, 0.4) is 0 Å². The van der Waals surface area contributed by atoms with Crippen molar-refractivity contribution in [3.05, 3.63) is 34.3 Å². The average Bonchev–Trinajstić information content (AvgIpc) is 2.16. The van der Waals surface area contributed by atoms with Gasteiger partial charge in [0.2, 0.25) is 0 Å². The highest BCUT2D eigenvalue weighted by Gasteiger charge is 2.52. The second-order valence-corrected chi connectivity index (χ2v) is 5.66. The molecule has 0 heterocycles. The van der Waals surface area contributed by atoms with Crippen molar-refractivity contribution in [3.63, 3.8) is 0 Å². The number of carbonyl (C=O) groups is 1. The van der Waals surface area contributed by atoms with Crippen molar-refractivity contribution < 1.29 is 4.79 Å². The van der Waals surface area contributed by atoms with Crippen LogP contribution in [0.5, 0.6) is 0 Å². The van der Waals surface area contributed by atoms with Crippen molar-refractivity contribution in [2.45, 2.75) is 16.7 Å². The molecule has 1 aromatic rings. The molecule has 0 N–H and O–H groups in total. The maximum Gasteiger partial charge on any atom is 0.183 e. The maximum absolute atomic E-state index is 11.1. The standard InChI is InChI=1S/C10H7BrCl2O/c11-7-3-1-6(2-4-7)8-5-9(14)10(8,12)13/h1-4,8H,5H2. The fourth-order valence-corrected chi connectivity index (χ4v) is 2.36. The lowest BCUT2D eigenvalue weighted by molar-refractivity contribution is -0.125. The maximum atomic E-state index is 11.1. The van der Waals surface area contributed by atoms with Crippen molar-refractivity contribution >= 4 is 44.9 Å². The molecule has 1 aliphatic carbocycles. The summed E-state index contributed by atoms with van der Waals surface area (Å²) < 4.78 is -0.213. The minimum absolute atomic E-state index is 0.0635. The molecule has 14 heavy (non-hydrogen) atoms. The number of rotatable bonds is 1. The number of alkyl halides is 2. The first-order valence-corrected chi connectivity index (χ1v) is 5.73. The van der Waals surface area contributed by atoms with Gasteiger partial charge in [-0.2, -0.15) is 0 Å². The minimum Gasteiger partial charge on any atom is -0.296 e. The third-order valence-corrected chi connectivity index (χ3v) is 3.95. The highest BCUT2D eigenvalue weighted by molar-refractivity contribution is 9.10. The number of ketones is 1. The highest BCUT2D eigenvalue weighted by atomic mass is 79.9. The lowest BCUT2D eigenvalue weighted by Crippen LogP contribution is -2.45. The zero-order chi connectivity index (χ0) is 10.3. The second kappa shape index (κ2) is 3.51. The quantitative estimate of drug-likeness (QED) is 0.722. The van der Waals surface area contributed by atoms with E-state index in [0.717, 1.165) is 10.0 Å². The van der Waals surface area contributed by atoms with Crippen LogP contribution in [0.1, 0.15) is 17.9 Å². The molecule has 1 aromatic carbocycles. The van der Waals surface area contributed by atoms with Crippen LogP contribution in [0.4, 0.5) is 0 Å². The van der Waals surface area contributed by atoms with E-state index in [-0.39, 0.29) is 11.7 Å². The van der Waals surface area contributed by atoms with Crippen molar-refractivity contribution in [1.82, 2.24) is 0 Å². The van der Waals surface area contributed by atoms with Gasteiger partial charge in [0.15, 0.2) is 10.1 Å². The van der Waals surface area contributed by atoms with Crippen LogP contribution in [0.2, 0.25) is 0 Å². The molecule has 4 heteroatoms. The van der Waals surface area contributed by atoms with E-state index < -0.39 is 4.33 Å². The molecule has 0 bridgehead atoms. The largest absolute Gasteiger partial charge is 0.296 e. The Bertz CT molecular complexity index is 372. The predicted molar refractivity (Wildman–Crippen MR) is 60.9 cm³/mol. The molecule has 0 saturated heterocycles. The number of Topliss-reactive ketones (excluding diaryl/α,β-unsaturated/α-hetero) is 1. The van der Waals surface area contributed by atoms with E-state index >= 15 is 0 Å². The zero-order valence-electron chi connectivity index (χ0n) is 7.14. The Balaban J connectivity index is 2.26. The summed E-state index contributed by atoms with van der Waals surface area (Å²) in [7, 11) is 0. The fourth-order valence-electron chi connectivity index (χ4n) is 1.54. The molecule has 74 valence electrons. The Morgan fingerprint density at radius 3 is 2.29 bits per heavy atom. The smallest absolute Gasteiger partial charge is 0.183 e. The molecule has 0 radical (unpaired) electrons. The topological polar surface area (TPSA) is 17.1 Å². The SMILES string of the molecule is O=C1CC(c2ccc(Br)cc2)C1(Cl)Cl. The number of hydrogen-bond acceptors (Lipinski definition) is 1. The van der Waals surface area contributed by atoms with Crippen LogP contribution >= 0.6 is 39.1 Å². The monoisotopic (exact) mass is 292 g/mol. The predicted octanol–water partition coefficient (Wildman–Crippen LogP) is 3.68. The third-order valence-electron chi connectivity index (χ3n) is 2.47. The molecule has 1 saturated carbocycles. The molecule has 0 aromatic heterocycles. The molecular weight excluding hydrogens is 287 g/mol. The van der Waals surface area contributed by atoms with Crippen molar-refractivity contribution in [2.24, 2.45) is 0 Å². The molecule has 1 nitrogen and oxygen atoms in total. The zero-order valence-corrected chi connectivity index (χ0v) is 10.2. The third kappa shape index (κ3) is 1.60. The summed E-state index contributed by atoms with van der Waals surface area (Å²) in [6, 6.07) is 7.70. The normalized spacial score (nSPS) is 24.5. The first-order chi connectivity index (χ1) is 6.51. The van der Waals surface area contributed by atoms with Gasteiger partial charge in [-0.25, -0.2) is 0 Å². The molecule has 1 unspecified atom stereocenters. The van der Waals surface area contributed by atoms with Gasteiger partial charge < -0.3 is 0 Å². The summed E-state index contributed by atoms with van der Waals surface area (Å²) in [6.45, 7) is 0. The summed E-state index contributed by atoms with van der Waals surface area (Å²) in [6.07, 6.45) is 0.439. The number of halogens is 3. The van der Waals surface area contributed by atoms with Gasteiger partial charge in [0, 0.05) is 16.8 Å². The van der Waals surface area contributed by atoms with Crippen LogP contribution in [-0.4, -0.2) is 10.1 Å². The molecule has 1 atom stereocenters. The van der Waals surface area contributed by atoms with Gasteiger partial charge in [0.1, 0.15) is 0 Å². The van der Waals surface area contributed by atoms with E-state index in [1.165, 1.54) is 0 Å². The number of benzene rings is 1. The van der Waals surface area contributed by atoms with E-state index in [2.05, 4.69) is 15.9 Å². The van der Waals surface area contributed by atoms with Crippen LogP contribution in [0.25, 0.3) is 0 Å². The first kappa shape index (κ1) is 10.5. The molecule has 0 amide bonds. The summed E-state index contributed by atoms with van der Waals surface area (Å²) in [5, 5.41) is 0. The molecule has 1 aliphatic rings. The van der Waals surface area contributed by atoms with E-state index in [9.17, 15) is 4.79 Å². The van der Waals surface area contributed by atoms with E-state index in [1.54, 1.807) is 0 Å². The first-order valence-electron chi connectivity index (χ1n) is 4.18. The molecule has 2 rings (SSSR count). The summed E-state index contributed by atoms with van der Waals surface area (Å²) in [5.74, 6) is -0.153. The van der Waals surface area contributed by atoms with Gasteiger partial charge in [-0.1, -0.05) is 51.3 Å². The lowest BCUT2D eigenvalue weighted by Gasteiger charge is -2.38. The van der Waals surface area contributed by atoms with Gasteiger partial charge in [-0.3, -0.25) is 4.79 Å². The van der Waals surface area contributed by atoms with E-state index in [1.807, 2.05) is 24.3 Å². The lowest BCUT2D eigenvalue weighted by atomic mass is 9.78. The minimum atomic E-state index is -1.21. The van der Waals surface area contributed by atoms with Crippen LogP contribution < -0.4 is 0 Å². The summed E-state index contributed by atoms with van der Waals surface area (Å²) in [5.41, 5.74) is 1.01. The van der Waals surface area contributed by atoms with Crippen LogP contribution in [0.15, 0.2) is 28.7 Å². The van der Waals surface area contributed by atoms with Crippen molar-refractivity contribution in [1.29, 1.82) is 0 Å². The van der Waals surface area contributed by atoms with Gasteiger partial charge in [-0.05, 0) is 17.7 Å².